The van der Waals surface area contributed by atoms with E-state index in [0.717, 1.165) is 43.2 Å². The molecule has 0 aliphatic heterocycles. The van der Waals surface area contributed by atoms with E-state index in [-0.39, 0.29) is 42.2 Å². The zero-order valence-corrected chi connectivity index (χ0v) is 24.9. The third-order valence-electron chi connectivity index (χ3n) is 8.06. The topological polar surface area (TPSA) is 94.1 Å². The Labute approximate surface area is 243 Å². The first-order valence-electron chi connectivity index (χ1n) is 14.1. The lowest BCUT2D eigenvalue weighted by atomic mass is 9.91. The number of hydrogen-bond acceptors (Lipinski definition) is 5. The van der Waals surface area contributed by atoms with Gasteiger partial charge in [-0.25, -0.2) is 0 Å². The van der Waals surface area contributed by atoms with Gasteiger partial charge in [-0.1, -0.05) is 44.0 Å². The summed E-state index contributed by atoms with van der Waals surface area (Å²) in [5.41, 5.74) is 11.1. The van der Waals surface area contributed by atoms with Crippen LogP contribution in [0.2, 0.25) is 0 Å². The fraction of sp³-hybridized carbons (Fsp3) is 0.469. The summed E-state index contributed by atoms with van der Waals surface area (Å²) in [5, 5.41) is 0. The van der Waals surface area contributed by atoms with E-state index in [0.29, 0.717) is 23.2 Å². The number of rotatable bonds is 11. The number of ether oxygens (including phenoxy) is 1. The van der Waals surface area contributed by atoms with Crippen molar-refractivity contribution in [1.82, 2.24) is 9.30 Å². The molecule has 1 aliphatic rings. The van der Waals surface area contributed by atoms with Gasteiger partial charge in [-0.15, -0.1) is 12.4 Å². The number of methoxy groups -OCH3 is 1. The Morgan fingerprint density at radius 2 is 1.73 bits per heavy atom. The minimum Gasteiger partial charge on any atom is -0.468 e. The first-order valence-corrected chi connectivity index (χ1v) is 14.1. The van der Waals surface area contributed by atoms with E-state index in [1.165, 1.54) is 30.4 Å². The van der Waals surface area contributed by atoms with E-state index in [4.69, 9.17) is 10.5 Å². The van der Waals surface area contributed by atoms with Crippen LogP contribution in [-0.2, 0) is 22.4 Å². The first kappa shape index (κ1) is 31.4. The number of carbonyl (C=O) groups is 3. The largest absolute Gasteiger partial charge is 0.468 e. The highest BCUT2D eigenvalue weighted by molar-refractivity contribution is 6.10. The first-order chi connectivity index (χ1) is 18.7. The summed E-state index contributed by atoms with van der Waals surface area (Å²) in [6.45, 7) is 5.62. The van der Waals surface area contributed by atoms with E-state index < -0.39 is 5.97 Å². The smallest absolute Gasteiger partial charge is 0.325 e. The van der Waals surface area contributed by atoms with E-state index in [2.05, 4.69) is 0 Å². The van der Waals surface area contributed by atoms with Gasteiger partial charge in [0.2, 0.25) is 5.78 Å². The van der Waals surface area contributed by atoms with Crippen LogP contribution in [0.1, 0.15) is 96.8 Å². The van der Waals surface area contributed by atoms with Gasteiger partial charge in [0.05, 0.1) is 12.8 Å². The van der Waals surface area contributed by atoms with Crippen molar-refractivity contribution in [2.75, 3.05) is 13.7 Å². The molecule has 0 radical (unpaired) electrons. The highest BCUT2D eigenvalue weighted by atomic mass is 35.5. The summed E-state index contributed by atoms with van der Waals surface area (Å²) in [5.74, 6) is -0.766. The number of ketones is 1. The lowest BCUT2D eigenvalue weighted by Crippen LogP contribution is -2.41. The highest BCUT2D eigenvalue weighted by Crippen LogP contribution is 2.31. The van der Waals surface area contributed by atoms with Crippen LogP contribution >= 0.6 is 12.4 Å². The molecule has 2 N–H and O–H groups in total. The summed E-state index contributed by atoms with van der Waals surface area (Å²) in [6, 6.07) is 13.2. The van der Waals surface area contributed by atoms with Crippen LogP contribution < -0.4 is 5.73 Å². The molecule has 8 heteroatoms. The number of halogens is 1. The van der Waals surface area contributed by atoms with Crippen molar-refractivity contribution in [2.24, 2.45) is 5.73 Å². The monoisotopic (exact) mass is 567 g/mol. The molecule has 0 saturated heterocycles. The summed E-state index contributed by atoms with van der Waals surface area (Å²) >= 11 is 0. The molecule has 0 unspecified atom stereocenters. The molecule has 0 bridgehead atoms. The Kier molecular flexibility index (Phi) is 10.6. The molecule has 7 nitrogen and oxygen atoms in total. The average molecular weight is 568 g/mol. The number of aromatic nitrogens is 1. The van der Waals surface area contributed by atoms with Gasteiger partial charge < -0.3 is 19.8 Å². The molecule has 4 rings (SSSR count). The number of pyridine rings is 1. The Balaban J connectivity index is 0.00000441. The SMILES string of the molecule is CCc1cc2cc(C(=O)N(CC(=O)OC)C(C)C)ccn2c1C(=O)c1ccc(CCCC2(N)CCCC2)cc1.Cl. The van der Waals surface area contributed by atoms with Crippen LogP contribution in [0, 0.1) is 0 Å². The molecule has 0 atom stereocenters. The second-order valence-electron chi connectivity index (χ2n) is 11.1. The fourth-order valence-electron chi connectivity index (χ4n) is 5.68. The molecule has 2 heterocycles. The quantitative estimate of drug-likeness (QED) is 0.234. The number of aryl methyl sites for hydroxylation is 2. The maximum Gasteiger partial charge on any atom is 0.325 e. The Morgan fingerprint density at radius 1 is 1.05 bits per heavy atom. The second kappa shape index (κ2) is 13.5. The maximum atomic E-state index is 13.6. The van der Waals surface area contributed by atoms with Crippen molar-refractivity contribution >= 4 is 35.6 Å². The summed E-state index contributed by atoms with van der Waals surface area (Å²) < 4.78 is 6.62. The highest BCUT2D eigenvalue weighted by Gasteiger charge is 2.28. The van der Waals surface area contributed by atoms with E-state index in [1.54, 1.807) is 18.3 Å². The molecule has 1 amide bonds. The van der Waals surface area contributed by atoms with Gasteiger partial charge in [0.1, 0.15) is 6.54 Å². The van der Waals surface area contributed by atoms with Crippen molar-refractivity contribution in [1.29, 1.82) is 0 Å². The fourth-order valence-corrected chi connectivity index (χ4v) is 5.68. The van der Waals surface area contributed by atoms with E-state index in [1.807, 2.05) is 55.5 Å². The zero-order valence-electron chi connectivity index (χ0n) is 24.1. The van der Waals surface area contributed by atoms with Crippen molar-refractivity contribution in [3.05, 3.63) is 76.6 Å². The number of nitrogens with two attached hydrogens (primary N) is 1. The predicted molar refractivity (Wildman–Crippen MR) is 160 cm³/mol. The maximum absolute atomic E-state index is 13.6. The average Bonchev–Trinajstić information content (AvgIpc) is 3.53. The Morgan fingerprint density at radius 3 is 2.33 bits per heavy atom. The molecule has 40 heavy (non-hydrogen) atoms. The van der Waals surface area contributed by atoms with Crippen molar-refractivity contribution in [3.63, 3.8) is 0 Å². The number of hydrogen-bond donors (Lipinski definition) is 1. The van der Waals surface area contributed by atoms with E-state index in [9.17, 15) is 14.4 Å². The van der Waals surface area contributed by atoms with Crippen molar-refractivity contribution in [2.45, 2.75) is 83.7 Å². The minimum atomic E-state index is -0.468. The van der Waals surface area contributed by atoms with Crippen LogP contribution in [0.15, 0.2) is 48.7 Å². The van der Waals surface area contributed by atoms with Gasteiger partial charge in [-0.2, -0.15) is 0 Å². The van der Waals surface area contributed by atoms with Gasteiger partial charge in [-0.05, 0) is 81.7 Å². The van der Waals surface area contributed by atoms with Crippen LogP contribution in [0.4, 0.5) is 0 Å². The summed E-state index contributed by atoms with van der Waals surface area (Å²) in [7, 11) is 1.31. The van der Waals surface area contributed by atoms with Gasteiger partial charge in [0.15, 0.2) is 0 Å². The number of esters is 1. The number of benzene rings is 1. The van der Waals surface area contributed by atoms with Crippen LogP contribution in [-0.4, -0.2) is 52.2 Å². The van der Waals surface area contributed by atoms with Gasteiger partial charge in [0.25, 0.3) is 5.91 Å². The molecule has 1 saturated carbocycles. The van der Waals surface area contributed by atoms with Gasteiger partial charge in [-0.3, -0.25) is 14.4 Å². The Hall–Kier alpha value is -3.16. The lowest BCUT2D eigenvalue weighted by Gasteiger charge is -2.25. The molecular weight excluding hydrogens is 526 g/mol. The number of carbonyl (C=O) groups excluding carboxylic acids is 3. The van der Waals surface area contributed by atoms with Crippen LogP contribution in [0.3, 0.4) is 0 Å². The molecule has 1 aromatic carbocycles. The van der Waals surface area contributed by atoms with Gasteiger partial charge >= 0.3 is 5.97 Å². The van der Waals surface area contributed by atoms with Crippen molar-refractivity contribution < 1.29 is 19.1 Å². The number of fused-ring (bicyclic) bond motifs is 1. The number of nitrogens with zero attached hydrogens (tertiary/aromatic N) is 2. The predicted octanol–water partition coefficient (Wildman–Crippen LogP) is 5.77. The second-order valence-corrected chi connectivity index (χ2v) is 11.1. The van der Waals surface area contributed by atoms with Gasteiger partial charge in [0, 0.05) is 34.4 Å². The molecule has 3 aromatic rings. The van der Waals surface area contributed by atoms with Crippen LogP contribution in [0.5, 0.6) is 0 Å². The standard InChI is InChI=1S/C32H41N3O4.ClH/c1-5-24-19-27-20-26(31(38)35(22(2)3)21-28(36)39-4)14-18-34(27)29(24)30(37)25-12-10-23(11-13-25)9-8-17-32(33)15-6-7-16-32;/h10-14,18-20,22H,5-9,15-17,21,33H2,1-4H3;1H. The molecule has 1 aliphatic carbocycles. The summed E-state index contributed by atoms with van der Waals surface area (Å²) in [4.78, 5) is 40.2. The molecule has 2 aromatic heterocycles. The molecule has 1 fully saturated rings. The minimum absolute atomic E-state index is 0. The Bertz CT molecular complexity index is 1340. The normalized spacial score (nSPS) is 14.2. The third-order valence-corrected chi connectivity index (χ3v) is 8.06. The van der Waals surface area contributed by atoms with E-state index >= 15 is 0 Å². The van der Waals surface area contributed by atoms with Crippen molar-refractivity contribution in [3.8, 4) is 0 Å². The summed E-state index contributed by atoms with van der Waals surface area (Å²) in [6.07, 6.45) is 10.3. The van der Waals surface area contributed by atoms with Crippen LogP contribution in [0.25, 0.3) is 5.52 Å². The third kappa shape index (κ3) is 6.94. The molecule has 216 valence electrons. The number of amides is 1. The zero-order chi connectivity index (χ0) is 28.2. The molecule has 0 spiro atoms. The molecular formula is C32H42ClN3O4. The lowest BCUT2D eigenvalue weighted by molar-refractivity contribution is -0.141.